The molecule has 3 aromatic rings. The highest BCUT2D eigenvalue weighted by molar-refractivity contribution is 6.07. The van der Waals surface area contributed by atoms with Gasteiger partial charge < -0.3 is 4.90 Å². The van der Waals surface area contributed by atoms with Crippen molar-refractivity contribution < 1.29 is 4.79 Å². The Balaban J connectivity index is 1.92. The Morgan fingerprint density at radius 1 is 0.913 bits per heavy atom. The molecule has 0 saturated carbocycles. The van der Waals surface area contributed by atoms with Gasteiger partial charge in [-0.15, -0.1) is 0 Å². The molecule has 0 aromatic heterocycles. The summed E-state index contributed by atoms with van der Waals surface area (Å²) in [6.45, 7) is 4.76. The smallest absolute Gasteiger partial charge is 0.254 e. The van der Waals surface area contributed by atoms with Crippen LogP contribution >= 0.6 is 0 Å². The number of aryl methyl sites for hydroxylation is 2. The van der Waals surface area contributed by atoms with Gasteiger partial charge >= 0.3 is 0 Å². The minimum absolute atomic E-state index is 0.0581. The maximum Gasteiger partial charge on any atom is 0.254 e. The van der Waals surface area contributed by atoms with Crippen LogP contribution in [0.3, 0.4) is 0 Å². The first kappa shape index (κ1) is 15.3. The predicted molar refractivity (Wildman–Crippen MR) is 95.7 cm³/mol. The number of rotatable bonds is 3. The topological polar surface area (TPSA) is 20.3 Å². The van der Waals surface area contributed by atoms with E-state index in [0.29, 0.717) is 6.54 Å². The molecule has 0 unspecified atom stereocenters. The van der Waals surface area contributed by atoms with Crippen LogP contribution in [-0.4, -0.2) is 17.9 Å². The van der Waals surface area contributed by atoms with E-state index in [1.54, 1.807) is 4.90 Å². The number of carbonyl (C=O) groups excluding carboxylic acids is 1. The van der Waals surface area contributed by atoms with Crippen LogP contribution in [0.25, 0.3) is 10.8 Å². The van der Waals surface area contributed by atoms with Crippen molar-refractivity contribution in [2.24, 2.45) is 0 Å². The fourth-order valence-electron chi connectivity index (χ4n) is 3.00. The van der Waals surface area contributed by atoms with Crippen LogP contribution in [0.15, 0.2) is 60.7 Å². The first-order valence-electron chi connectivity index (χ1n) is 7.85. The van der Waals surface area contributed by atoms with Gasteiger partial charge in [0.2, 0.25) is 0 Å². The van der Waals surface area contributed by atoms with Crippen molar-refractivity contribution in [3.8, 4) is 0 Å². The van der Waals surface area contributed by atoms with Crippen LogP contribution in [-0.2, 0) is 6.54 Å². The Bertz CT molecular complexity index is 867. The average molecular weight is 303 g/mol. The van der Waals surface area contributed by atoms with Crippen LogP contribution in [0.4, 0.5) is 0 Å². The summed E-state index contributed by atoms with van der Waals surface area (Å²) in [5, 5.41) is 2.16. The summed E-state index contributed by atoms with van der Waals surface area (Å²) in [6, 6.07) is 20.3. The zero-order valence-electron chi connectivity index (χ0n) is 13.8. The van der Waals surface area contributed by atoms with Crippen LogP contribution < -0.4 is 0 Å². The number of amides is 1. The zero-order chi connectivity index (χ0) is 16.4. The van der Waals surface area contributed by atoms with Gasteiger partial charge in [0.1, 0.15) is 0 Å². The highest BCUT2D eigenvalue weighted by Gasteiger charge is 2.15. The van der Waals surface area contributed by atoms with Gasteiger partial charge in [0.25, 0.3) is 5.91 Å². The van der Waals surface area contributed by atoms with Crippen LogP contribution in [0.1, 0.15) is 27.0 Å². The minimum Gasteiger partial charge on any atom is -0.337 e. The lowest BCUT2D eigenvalue weighted by Gasteiger charge is -2.19. The molecule has 0 aliphatic rings. The SMILES string of the molecule is Cc1cccc(CN(C)C(=O)c2ccc(C)c3ccccc23)c1. The molecule has 0 bridgehead atoms. The molecular weight excluding hydrogens is 282 g/mol. The highest BCUT2D eigenvalue weighted by Crippen LogP contribution is 2.23. The molecule has 1 amide bonds. The Labute approximate surface area is 137 Å². The number of fused-ring (bicyclic) bond motifs is 1. The molecule has 0 saturated heterocycles. The number of carbonyl (C=O) groups is 1. The molecule has 0 aliphatic heterocycles. The quantitative estimate of drug-likeness (QED) is 0.685. The number of hydrogen-bond acceptors (Lipinski definition) is 1. The summed E-state index contributed by atoms with van der Waals surface area (Å²) in [6.07, 6.45) is 0. The van der Waals surface area contributed by atoms with E-state index in [0.717, 1.165) is 21.9 Å². The number of hydrogen-bond donors (Lipinski definition) is 0. The Hall–Kier alpha value is -2.61. The number of nitrogens with zero attached hydrogens (tertiary/aromatic N) is 1. The first-order valence-corrected chi connectivity index (χ1v) is 7.85. The fraction of sp³-hybridized carbons (Fsp3) is 0.190. The highest BCUT2D eigenvalue weighted by atomic mass is 16.2. The van der Waals surface area contributed by atoms with Crippen LogP contribution in [0.5, 0.6) is 0 Å². The van der Waals surface area contributed by atoms with Gasteiger partial charge in [-0.25, -0.2) is 0 Å². The van der Waals surface area contributed by atoms with Crippen molar-refractivity contribution in [2.75, 3.05) is 7.05 Å². The maximum atomic E-state index is 12.9. The summed E-state index contributed by atoms with van der Waals surface area (Å²) in [5.41, 5.74) is 4.32. The molecule has 0 aliphatic carbocycles. The van der Waals surface area contributed by atoms with Gasteiger partial charge in [0.05, 0.1) is 0 Å². The van der Waals surface area contributed by atoms with Crippen LogP contribution in [0.2, 0.25) is 0 Å². The van der Waals surface area contributed by atoms with Crippen LogP contribution in [0, 0.1) is 13.8 Å². The van der Waals surface area contributed by atoms with Gasteiger partial charge in [0.15, 0.2) is 0 Å². The molecule has 116 valence electrons. The van der Waals surface area contributed by atoms with Gasteiger partial charge in [-0.05, 0) is 41.8 Å². The lowest BCUT2D eigenvalue weighted by Crippen LogP contribution is -2.26. The minimum atomic E-state index is 0.0581. The molecule has 3 rings (SSSR count). The third-order valence-corrected chi connectivity index (χ3v) is 4.22. The predicted octanol–water partition coefficient (Wildman–Crippen LogP) is 4.73. The normalized spacial score (nSPS) is 10.7. The molecule has 0 heterocycles. The lowest BCUT2D eigenvalue weighted by atomic mass is 9.99. The molecule has 0 atom stereocenters. The second-order valence-electron chi connectivity index (χ2n) is 6.13. The van der Waals surface area contributed by atoms with E-state index < -0.39 is 0 Å². The Morgan fingerprint density at radius 2 is 1.65 bits per heavy atom. The molecule has 2 heteroatoms. The van der Waals surface area contributed by atoms with Gasteiger partial charge in [-0.3, -0.25) is 4.79 Å². The van der Waals surface area contributed by atoms with Gasteiger partial charge in [-0.1, -0.05) is 60.2 Å². The lowest BCUT2D eigenvalue weighted by molar-refractivity contribution is 0.0787. The second-order valence-corrected chi connectivity index (χ2v) is 6.13. The van der Waals surface area contributed by atoms with E-state index in [-0.39, 0.29) is 5.91 Å². The molecule has 0 radical (unpaired) electrons. The van der Waals surface area contributed by atoms with Crippen molar-refractivity contribution in [1.82, 2.24) is 4.90 Å². The van der Waals surface area contributed by atoms with E-state index in [4.69, 9.17) is 0 Å². The van der Waals surface area contributed by atoms with Crippen molar-refractivity contribution in [2.45, 2.75) is 20.4 Å². The van der Waals surface area contributed by atoms with E-state index in [2.05, 4.69) is 38.1 Å². The largest absolute Gasteiger partial charge is 0.337 e. The third-order valence-electron chi connectivity index (χ3n) is 4.22. The van der Waals surface area contributed by atoms with Gasteiger partial charge in [0, 0.05) is 19.2 Å². The van der Waals surface area contributed by atoms with E-state index >= 15 is 0 Å². The summed E-state index contributed by atoms with van der Waals surface area (Å²) >= 11 is 0. The van der Waals surface area contributed by atoms with Crippen molar-refractivity contribution >= 4 is 16.7 Å². The molecule has 0 N–H and O–H groups in total. The second kappa shape index (κ2) is 6.25. The molecule has 0 fully saturated rings. The molecule has 3 aromatic carbocycles. The first-order chi connectivity index (χ1) is 11.1. The summed E-state index contributed by atoms with van der Waals surface area (Å²) < 4.78 is 0. The molecule has 2 nitrogen and oxygen atoms in total. The standard InChI is InChI=1S/C21H21NO/c1-15-7-6-8-17(13-15)14-22(3)21(23)20-12-11-16(2)18-9-4-5-10-19(18)20/h4-13H,14H2,1-3H3. The summed E-state index contributed by atoms with van der Waals surface area (Å²) in [7, 11) is 1.86. The third kappa shape index (κ3) is 3.11. The number of benzene rings is 3. The van der Waals surface area contributed by atoms with Crippen molar-refractivity contribution in [3.05, 3.63) is 82.9 Å². The van der Waals surface area contributed by atoms with E-state index in [9.17, 15) is 4.79 Å². The summed E-state index contributed by atoms with van der Waals surface area (Å²) in [5.74, 6) is 0.0581. The Kier molecular flexibility index (Phi) is 4.16. The zero-order valence-corrected chi connectivity index (χ0v) is 13.8. The maximum absolute atomic E-state index is 12.9. The van der Waals surface area contributed by atoms with E-state index in [1.807, 2.05) is 43.4 Å². The Morgan fingerprint density at radius 3 is 2.39 bits per heavy atom. The molecule has 0 spiro atoms. The molecular formula is C21H21NO. The molecule has 23 heavy (non-hydrogen) atoms. The summed E-state index contributed by atoms with van der Waals surface area (Å²) in [4.78, 5) is 14.7. The van der Waals surface area contributed by atoms with Crippen molar-refractivity contribution in [3.63, 3.8) is 0 Å². The van der Waals surface area contributed by atoms with E-state index in [1.165, 1.54) is 11.1 Å². The fourth-order valence-corrected chi connectivity index (χ4v) is 3.00. The van der Waals surface area contributed by atoms with Crippen molar-refractivity contribution in [1.29, 1.82) is 0 Å². The monoisotopic (exact) mass is 303 g/mol. The van der Waals surface area contributed by atoms with Gasteiger partial charge in [-0.2, -0.15) is 0 Å². The average Bonchev–Trinajstić information content (AvgIpc) is 2.55.